The standard InChI is InChI=1S/C12H22N2O2/c13-10-4-1-3-9(7-10)12(15)14-11-5-2-6-16-8-11/h9-11H,1-8,13H2,(H,14,15). The summed E-state index contributed by atoms with van der Waals surface area (Å²) in [5.41, 5.74) is 5.89. The van der Waals surface area contributed by atoms with E-state index in [9.17, 15) is 4.79 Å². The first-order valence-electron chi connectivity index (χ1n) is 6.39. The van der Waals surface area contributed by atoms with E-state index in [0.29, 0.717) is 6.61 Å². The fourth-order valence-electron chi connectivity index (χ4n) is 2.64. The number of hydrogen-bond donors (Lipinski definition) is 2. The van der Waals surface area contributed by atoms with Gasteiger partial charge in [-0.05, 0) is 32.1 Å². The van der Waals surface area contributed by atoms with Crippen molar-refractivity contribution in [2.24, 2.45) is 11.7 Å². The molecule has 0 radical (unpaired) electrons. The van der Waals surface area contributed by atoms with Crippen LogP contribution in [0.15, 0.2) is 0 Å². The zero-order valence-electron chi connectivity index (χ0n) is 9.78. The highest BCUT2D eigenvalue weighted by Crippen LogP contribution is 2.23. The second-order valence-electron chi connectivity index (χ2n) is 5.05. The zero-order chi connectivity index (χ0) is 11.4. The molecular weight excluding hydrogens is 204 g/mol. The van der Waals surface area contributed by atoms with Gasteiger partial charge in [0.15, 0.2) is 0 Å². The van der Waals surface area contributed by atoms with Gasteiger partial charge in [0.25, 0.3) is 0 Å². The predicted octanol–water partition coefficient (Wildman–Crippen LogP) is 0.799. The molecule has 0 aromatic heterocycles. The summed E-state index contributed by atoms with van der Waals surface area (Å²) in [4.78, 5) is 12.0. The summed E-state index contributed by atoms with van der Waals surface area (Å²) in [6.45, 7) is 1.51. The van der Waals surface area contributed by atoms with Crippen molar-refractivity contribution in [1.82, 2.24) is 5.32 Å². The quantitative estimate of drug-likeness (QED) is 0.732. The number of nitrogens with two attached hydrogens (primary N) is 1. The highest BCUT2D eigenvalue weighted by Gasteiger charge is 2.27. The van der Waals surface area contributed by atoms with Gasteiger partial charge >= 0.3 is 0 Å². The molecule has 4 nitrogen and oxygen atoms in total. The Morgan fingerprint density at radius 3 is 2.81 bits per heavy atom. The molecule has 1 heterocycles. The molecule has 0 bridgehead atoms. The molecule has 16 heavy (non-hydrogen) atoms. The molecule has 1 saturated heterocycles. The smallest absolute Gasteiger partial charge is 0.223 e. The minimum Gasteiger partial charge on any atom is -0.379 e. The number of carbonyl (C=O) groups is 1. The molecule has 2 fully saturated rings. The van der Waals surface area contributed by atoms with E-state index in [0.717, 1.165) is 45.1 Å². The van der Waals surface area contributed by atoms with Crippen molar-refractivity contribution in [3.63, 3.8) is 0 Å². The van der Waals surface area contributed by atoms with E-state index in [1.54, 1.807) is 0 Å². The average molecular weight is 226 g/mol. The number of ether oxygens (including phenoxy) is 1. The molecular formula is C12H22N2O2. The minimum atomic E-state index is 0.130. The van der Waals surface area contributed by atoms with E-state index in [-0.39, 0.29) is 23.9 Å². The lowest BCUT2D eigenvalue weighted by Crippen LogP contribution is -2.45. The van der Waals surface area contributed by atoms with Crippen molar-refractivity contribution in [3.8, 4) is 0 Å². The van der Waals surface area contributed by atoms with Crippen molar-refractivity contribution in [1.29, 1.82) is 0 Å². The van der Waals surface area contributed by atoms with Gasteiger partial charge in [0, 0.05) is 18.6 Å². The number of nitrogens with one attached hydrogen (secondary N) is 1. The van der Waals surface area contributed by atoms with Gasteiger partial charge in [-0.1, -0.05) is 6.42 Å². The minimum absolute atomic E-state index is 0.130. The Bertz CT molecular complexity index is 239. The number of rotatable bonds is 2. The second kappa shape index (κ2) is 5.64. The lowest BCUT2D eigenvalue weighted by molar-refractivity contribution is -0.127. The van der Waals surface area contributed by atoms with Crippen LogP contribution in [0.5, 0.6) is 0 Å². The SMILES string of the molecule is NC1CCCC(C(=O)NC2CCCOC2)C1. The van der Waals surface area contributed by atoms with Gasteiger partial charge in [0.05, 0.1) is 12.6 Å². The molecule has 1 amide bonds. The normalized spacial score (nSPS) is 35.7. The lowest BCUT2D eigenvalue weighted by Gasteiger charge is -2.29. The van der Waals surface area contributed by atoms with Crippen molar-refractivity contribution < 1.29 is 9.53 Å². The van der Waals surface area contributed by atoms with Crippen LogP contribution in [0.4, 0.5) is 0 Å². The van der Waals surface area contributed by atoms with E-state index in [1.807, 2.05) is 0 Å². The van der Waals surface area contributed by atoms with Crippen LogP contribution in [-0.2, 0) is 9.53 Å². The summed E-state index contributed by atoms with van der Waals surface area (Å²) in [6.07, 6.45) is 6.09. The van der Waals surface area contributed by atoms with Gasteiger partial charge in [0.1, 0.15) is 0 Å². The highest BCUT2D eigenvalue weighted by atomic mass is 16.5. The number of amides is 1. The largest absolute Gasteiger partial charge is 0.379 e. The van der Waals surface area contributed by atoms with Crippen LogP contribution in [0, 0.1) is 5.92 Å². The van der Waals surface area contributed by atoms with Crippen LogP contribution >= 0.6 is 0 Å². The van der Waals surface area contributed by atoms with Crippen LogP contribution < -0.4 is 11.1 Å². The van der Waals surface area contributed by atoms with Crippen molar-refractivity contribution in [3.05, 3.63) is 0 Å². The van der Waals surface area contributed by atoms with Gasteiger partial charge in [0.2, 0.25) is 5.91 Å². The molecule has 1 saturated carbocycles. The summed E-state index contributed by atoms with van der Waals surface area (Å²) >= 11 is 0. The van der Waals surface area contributed by atoms with Crippen LogP contribution in [0.1, 0.15) is 38.5 Å². The van der Waals surface area contributed by atoms with Gasteiger partial charge in [-0.25, -0.2) is 0 Å². The maximum Gasteiger partial charge on any atom is 0.223 e. The molecule has 0 spiro atoms. The summed E-state index contributed by atoms with van der Waals surface area (Å²) in [7, 11) is 0. The molecule has 3 N–H and O–H groups in total. The molecule has 92 valence electrons. The topological polar surface area (TPSA) is 64.4 Å². The third kappa shape index (κ3) is 3.19. The first-order valence-corrected chi connectivity index (χ1v) is 6.39. The van der Waals surface area contributed by atoms with E-state index in [2.05, 4.69) is 5.32 Å². The van der Waals surface area contributed by atoms with Crippen molar-refractivity contribution >= 4 is 5.91 Å². The molecule has 1 aliphatic heterocycles. The third-order valence-corrected chi connectivity index (χ3v) is 3.59. The number of carbonyl (C=O) groups excluding carboxylic acids is 1. The second-order valence-corrected chi connectivity index (χ2v) is 5.05. The predicted molar refractivity (Wildman–Crippen MR) is 61.9 cm³/mol. The van der Waals surface area contributed by atoms with E-state index < -0.39 is 0 Å². The van der Waals surface area contributed by atoms with Crippen LogP contribution in [0.3, 0.4) is 0 Å². The molecule has 1 aliphatic carbocycles. The highest BCUT2D eigenvalue weighted by molar-refractivity contribution is 5.79. The van der Waals surface area contributed by atoms with Crippen molar-refractivity contribution in [2.45, 2.75) is 50.6 Å². The summed E-state index contributed by atoms with van der Waals surface area (Å²) < 4.78 is 5.35. The first kappa shape index (κ1) is 11.9. The van der Waals surface area contributed by atoms with Crippen molar-refractivity contribution in [2.75, 3.05) is 13.2 Å². The summed E-state index contributed by atoms with van der Waals surface area (Å²) in [5, 5.41) is 3.09. The van der Waals surface area contributed by atoms with Crippen LogP contribution in [0.25, 0.3) is 0 Å². The van der Waals surface area contributed by atoms with Gasteiger partial charge in [-0.2, -0.15) is 0 Å². The molecule has 0 aromatic carbocycles. The Labute approximate surface area is 96.9 Å². The third-order valence-electron chi connectivity index (χ3n) is 3.59. The summed E-state index contributed by atoms with van der Waals surface area (Å²) in [6, 6.07) is 0.437. The Kier molecular flexibility index (Phi) is 4.18. The maximum atomic E-state index is 12.0. The lowest BCUT2D eigenvalue weighted by atomic mass is 9.85. The Hall–Kier alpha value is -0.610. The molecule has 2 aliphatic rings. The summed E-state index contributed by atoms with van der Waals surface area (Å²) in [5.74, 6) is 0.316. The van der Waals surface area contributed by atoms with E-state index >= 15 is 0 Å². The molecule has 3 unspecified atom stereocenters. The molecule has 0 aromatic rings. The Morgan fingerprint density at radius 2 is 2.12 bits per heavy atom. The first-order chi connectivity index (χ1) is 7.75. The monoisotopic (exact) mass is 226 g/mol. The average Bonchev–Trinajstić information content (AvgIpc) is 2.30. The number of hydrogen-bond acceptors (Lipinski definition) is 3. The fraction of sp³-hybridized carbons (Fsp3) is 0.917. The zero-order valence-corrected chi connectivity index (χ0v) is 9.78. The van der Waals surface area contributed by atoms with Crippen LogP contribution in [-0.4, -0.2) is 31.2 Å². The van der Waals surface area contributed by atoms with Gasteiger partial charge < -0.3 is 15.8 Å². The molecule has 3 atom stereocenters. The Balaban J connectivity index is 1.77. The molecule has 2 rings (SSSR count). The molecule has 4 heteroatoms. The van der Waals surface area contributed by atoms with Gasteiger partial charge in [-0.3, -0.25) is 4.79 Å². The Morgan fingerprint density at radius 1 is 1.25 bits per heavy atom. The van der Waals surface area contributed by atoms with E-state index in [4.69, 9.17) is 10.5 Å². The van der Waals surface area contributed by atoms with E-state index in [1.165, 1.54) is 0 Å². The fourth-order valence-corrected chi connectivity index (χ4v) is 2.64. The van der Waals surface area contributed by atoms with Gasteiger partial charge in [-0.15, -0.1) is 0 Å². The maximum absolute atomic E-state index is 12.0. The van der Waals surface area contributed by atoms with Crippen LogP contribution in [0.2, 0.25) is 0 Å².